The van der Waals surface area contributed by atoms with Crippen LogP contribution in [0, 0.1) is 35.5 Å². The van der Waals surface area contributed by atoms with E-state index in [4.69, 9.17) is 28.4 Å². The lowest BCUT2D eigenvalue weighted by Crippen LogP contribution is -2.49. The topological polar surface area (TPSA) is 155 Å². The summed E-state index contributed by atoms with van der Waals surface area (Å²) in [5.74, 6) is 18.0. The van der Waals surface area contributed by atoms with Gasteiger partial charge in [-0.25, -0.2) is 19.2 Å². The first-order valence-electron chi connectivity index (χ1n) is 19.8. The molecule has 2 aromatic rings. The maximum absolute atomic E-state index is 13.4. The Bertz CT molecular complexity index is 2000. The number of hydrogen-bond acceptors (Lipinski definition) is 11. The molecule has 2 aliphatic rings. The molecule has 14 nitrogen and oxygen atoms in total. The largest absolute Gasteiger partial charge is 0.459 e. The number of carbonyl (C=O) groups is 4. The van der Waals surface area contributed by atoms with E-state index in [0.29, 0.717) is 16.7 Å². The number of nitrogens with zero attached hydrogens (tertiary/aromatic N) is 3. The van der Waals surface area contributed by atoms with Crippen LogP contribution in [0.25, 0.3) is 0 Å². The van der Waals surface area contributed by atoms with Gasteiger partial charge in [-0.1, -0.05) is 65.9 Å². The molecule has 0 saturated carbocycles. The third-order valence-corrected chi connectivity index (χ3v) is 8.56. The zero-order valence-corrected chi connectivity index (χ0v) is 37.0. The minimum Gasteiger partial charge on any atom is -0.459 e. The quantitative estimate of drug-likeness (QED) is 0.190. The Hall–Kier alpha value is -5.75. The second kappa shape index (κ2) is 18.7. The molecule has 0 bridgehead atoms. The SMILES string of the molecule is CC(C)(C)OC(=O)N[C@@H](CC#Cc1c(C#C[C@H]2COC(C)(C)N2C(=O)OC(C)(C)C)cncc1C#C[C@H]1COC(C)(C)N1C(=O)OC(C)(C)C)C(=O)OCc1ccccc1. The number of amides is 3. The number of ether oxygens (including phenoxy) is 6. The molecular weight excluding hydrogens is 769 g/mol. The van der Waals surface area contributed by atoms with Crippen molar-refractivity contribution in [2.45, 2.75) is 149 Å². The minimum absolute atomic E-state index is 0.0204. The van der Waals surface area contributed by atoms with Crippen molar-refractivity contribution < 1.29 is 47.6 Å². The number of benzene rings is 1. The molecule has 1 aromatic heterocycles. The number of esters is 1. The van der Waals surface area contributed by atoms with E-state index in [1.165, 1.54) is 22.2 Å². The molecule has 60 heavy (non-hydrogen) atoms. The molecule has 4 rings (SSSR count). The van der Waals surface area contributed by atoms with Gasteiger partial charge in [0.2, 0.25) is 0 Å². The van der Waals surface area contributed by atoms with Crippen LogP contribution in [0.3, 0.4) is 0 Å². The molecule has 2 fully saturated rings. The molecule has 0 spiro atoms. The van der Waals surface area contributed by atoms with Crippen LogP contribution in [0.2, 0.25) is 0 Å². The second-order valence-corrected chi connectivity index (χ2v) is 18.2. The predicted octanol–water partition coefficient (Wildman–Crippen LogP) is 6.91. The summed E-state index contributed by atoms with van der Waals surface area (Å²) in [4.78, 5) is 60.3. The summed E-state index contributed by atoms with van der Waals surface area (Å²) in [5, 5.41) is 2.59. The number of nitrogens with one attached hydrogen (secondary N) is 1. The van der Waals surface area contributed by atoms with Gasteiger partial charge in [0, 0.05) is 18.8 Å². The zero-order valence-electron chi connectivity index (χ0n) is 37.0. The Morgan fingerprint density at radius 2 is 1.22 bits per heavy atom. The molecule has 2 aliphatic heterocycles. The molecular formula is C46H58N4O10. The molecule has 3 amide bonds. The highest BCUT2D eigenvalue weighted by Gasteiger charge is 2.46. The van der Waals surface area contributed by atoms with Crippen LogP contribution in [-0.4, -0.2) is 98.6 Å². The van der Waals surface area contributed by atoms with Gasteiger partial charge in [-0.05, 0) is 95.6 Å². The highest BCUT2D eigenvalue weighted by molar-refractivity contribution is 5.82. The first kappa shape index (κ1) is 46.9. The van der Waals surface area contributed by atoms with E-state index >= 15 is 0 Å². The van der Waals surface area contributed by atoms with Crippen LogP contribution in [0.15, 0.2) is 42.7 Å². The molecule has 0 aliphatic carbocycles. The van der Waals surface area contributed by atoms with Crippen molar-refractivity contribution in [2.75, 3.05) is 13.2 Å². The van der Waals surface area contributed by atoms with E-state index in [9.17, 15) is 19.2 Å². The van der Waals surface area contributed by atoms with Crippen LogP contribution >= 0.6 is 0 Å². The molecule has 1 N–H and O–H groups in total. The number of carbonyl (C=O) groups excluding carboxylic acids is 4. The predicted molar refractivity (Wildman–Crippen MR) is 223 cm³/mol. The van der Waals surface area contributed by atoms with E-state index < -0.39 is 70.6 Å². The molecule has 0 radical (unpaired) electrons. The van der Waals surface area contributed by atoms with Crippen LogP contribution in [0.4, 0.5) is 14.4 Å². The van der Waals surface area contributed by atoms with E-state index in [2.05, 4.69) is 45.8 Å². The second-order valence-electron chi connectivity index (χ2n) is 18.2. The number of aromatic nitrogens is 1. The first-order chi connectivity index (χ1) is 27.7. The van der Waals surface area contributed by atoms with Crippen LogP contribution < -0.4 is 5.32 Å². The lowest BCUT2D eigenvalue weighted by atomic mass is 10.0. The highest BCUT2D eigenvalue weighted by atomic mass is 16.6. The number of pyridine rings is 1. The standard InChI is InChI=1S/C46H58N4O10/c1-42(2,3)58-39(52)48-37(38(51)55-28-31-18-15-14-16-19-31)21-17-20-36-32(22-24-34-29-56-45(10,11)49(34)40(53)59-43(4,5)6)26-47-27-33(36)23-25-35-30-57-46(12,13)50(35)41(54)60-44(7,8)9/h14-16,18-19,26-27,34-35,37H,21,28-30H2,1-13H3,(H,48,52)/t34-,35-,37-/m0/s1. The molecule has 0 unspecified atom stereocenters. The normalized spacial score (nSPS) is 18.6. The third-order valence-electron chi connectivity index (χ3n) is 8.56. The molecule has 2 saturated heterocycles. The average Bonchev–Trinajstić information content (AvgIpc) is 3.59. The van der Waals surface area contributed by atoms with E-state index in [1.807, 2.05) is 30.3 Å². The Labute approximate surface area is 354 Å². The van der Waals surface area contributed by atoms with E-state index in [1.54, 1.807) is 90.0 Å². The van der Waals surface area contributed by atoms with E-state index in [0.717, 1.165) is 5.56 Å². The maximum Gasteiger partial charge on any atom is 0.413 e. The highest BCUT2D eigenvalue weighted by Crippen LogP contribution is 2.31. The van der Waals surface area contributed by atoms with Crippen molar-refractivity contribution in [1.29, 1.82) is 0 Å². The smallest absolute Gasteiger partial charge is 0.413 e. The van der Waals surface area contributed by atoms with Gasteiger partial charge < -0.3 is 33.7 Å². The van der Waals surface area contributed by atoms with Crippen LogP contribution in [-0.2, 0) is 39.8 Å². The van der Waals surface area contributed by atoms with Crippen molar-refractivity contribution in [1.82, 2.24) is 20.1 Å². The van der Waals surface area contributed by atoms with Crippen LogP contribution in [0.1, 0.15) is 119 Å². The maximum atomic E-state index is 13.4. The minimum atomic E-state index is -1.21. The van der Waals surface area contributed by atoms with Crippen molar-refractivity contribution in [3.63, 3.8) is 0 Å². The summed E-state index contributed by atoms with van der Waals surface area (Å²) in [7, 11) is 0. The molecule has 1 aromatic carbocycles. The molecule has 14 heteroatoms. The van der Waals surface area contributed by atoms with Crippen molar-refractivity contribution in [3.8, 4) is 35.5 Å². The Balaban J connectivity index is 1.77. The van der Waals surface area contributed by atoms with Crippen molar-refractivity contribution in [2.24, 2.45) is 0 Å². The van der Waals surface area contributed by atoms with Crippen molar-refractivity contribution in [3.05, 3.63) is 65.0 Å². The van der Waals surface area contributed by atoms with Gasteiger partial charge in [0.25, 0.3) is 0 Å². The van der Waals surface area contributed by atoms with Gasteiger partial charge in [-0.3, -0.25) is 14.8 Å². The average molecular weight is 827 g/mol. The fraction of sp³-hybridized carbons (Fsp3) is 0.543. The number of hydrogen-bond donors (Lipinski definition) is 1. The molecule has 3 heterocycles. The van der Waals surface area contributed by atoms with Gasteiger partial charge >= 0.3 is 24.2 Å². The lowest BCUT2D eigenvalue weighted by Gasteiger charge is -2.33. The fourth-order valence-corrected chi connectivity index (χ4v) is 5.95. The first-order valence-corrected chi connectivity index (χ1v) is 19.8. The monoisotopic (exact) mass is 826 g/mol. The summed E-state index contributed by atoms with van der Waals surface area (Å²) in [5.41, 5.74) is -2.51. The van der Waals surface area contributed by atoms with Gasteiger partial charge in [-0.2, -0.15) is 0 Å². The summed E-state index contributed by atoms with van der Waals surface area (Å²) >= 11 is 0. The van der Waals surface area contributed by atoms with Gasteiger partial charge in [-0.15, -0.1) is 0 Å². The van der Waals surface area contributed by atoms with Gasteiger partial charge in [0.05, 0.1) is 29.9 Å². The molecule has 322 valence electrons. The summed E-state index contributed by atoms with van der Waals surface area (Å²) < 4.78 is 34.3. The lowest BCUT2D eigenvalue weighted by molar-refractivity contribution is -0.147. The van der Waals surface area contributed by atoms with Crippen molar-refractivity contribution >= 4 is 24.2 Å². The Morgan fingerprint density at radius 1 is 0.750 bits per heavy atom. The number of rotatable bonds is 5. The third kappa shape index (κ3) is 13.7. The Kier molecular flexibility index (Phi) is 14.6. The summed E-state index contributed by atoms with van der Waals surface area (Å²) in [6, 6.07) is 6.55. The summed E-state index contributed by atoms with van der Waals surface area (Å²) in [6.45, 7) is 23.0. The van der Waals surface area contributed by atoms with Gasteiger partial charge in [0.15, 0.2) is 0 Å². The van der Waals surface area contributed by atoms with Gasteiger partial charge in [0.1, 0.15) is 53.0 Å². The number of alkyl carbamates (subject to hydrolysis) is 1. The van der Waals surface area contributed by atoms with Crippen LogP contribution in [0.5, 0.6) is 0 Å². The Morgan fingerprint density at radius 3 is 1.67 bits per heavy atom. The zero-order chi connectivity index (χ0) is 44.7. The van der Waals surface area contributed by atoms with E-state index in [-0.39, 0.29) is 26.2 Å². The summed E-state index contributed by atoms with van der Waals surface area (Å²) in [6.07, 6.45) is 0.867. The molecule has 3 atom stereocenters. The fourth-order valence-electron chi connectivity index (χ4n) is 5.95.